The molecule has 4 N–H and O–H groups in total. The summed E-state index contributed by atoms with van der Waals surface area (Å²) in [4.78, 5) is 35.8. The minimum absolute atomic E-state index is 0.0186. The summed E-state index contributed by atoms with van der Waals surface area (Å²) >= 11 is 16.7. The summed E-state index contributed by atoms with van der Waals surface area (Å²) < 4.78 is 5.29. The number of thiocarbonyl (C=S) groups is 1. The summed E-state index contributed by atoms with van der Waals surface area (Å²) in [5, 5.41) is 5.65. The molecule has 0 aliphatic carbocycles. The normalized spacial score (nSPS) is 10.1. The van der Waals surface area contributed by atoms with E-state index in [-0.39, 0.29) is 41.2 Å². The summed E-state index contributed by atoms with van der Waals surface area (Å²) in [7, 11) is 0. The molecule has 0 saturated carbocycles. The lowest BCUT2D eigenvalue weighted by molar-refractivity contribution is -0.125. The molecule has 0 spiro atoms. The fourth-order valence-electron chi connectivity index (χ4n) is 2.39. The highest BCUT2D eigenvalue weighted by atomic mass is 35.5. The number of hydrogen-bond acceptors (Lipinski definition) is 5. The quantitative estimate of drug-likeness (QED) is 0.345. The number of halogens is 2. The Kier molecular flexibility index (Phi) is 9.70. The summed E-state index contributed by atoms with van der Waals surface area (Å²) in [6.07, 6.45) is -0.0896. The lowest BCUT2D eigenvalue weighted by Gasteiger charge is -2.12. The zero-order valence-electron chi connectivity index (χ0n) is 17.4. The van der Waals surface area contributed by atoms with Crippen LogP contribution in [0.1, 0.15) is 24.0 Å². The van der Waals surface area contributed by atoms with Gasteiger partial charge in [0.2, 0.25) is 11.8 Å². The van der Waals surface area contributed by atoms with Gasteiger partial charge >= 0.3 is 0 Å². The van der Waals surface area contributed by atoms with Crippen LogP contribution in [0.25, 0.3) is 0 Å². The van der Waals surface area contributed by atoms with Crippen LogP contribution in [0.4, 0.5) is 5.69 Å². The second-order valence-electron chi connectivity index (χ2n) is 6.76. The topological polar surface area (TPSA) is 109 Å². The third kappa shape index (κ3) is 8.70. The average Bonchev–Trinajstić information content (AvgIpc) is 2.73. The van der Waals surface area contributed by atoms with E-state index in [1.165, 1.54) is 12.1 Å². The van der Waals surface area contributed by atoms with E-state index in [0.29, 0.717) is 10.7 Å². The van der Waals surface area contributed by atoms with E-state index in [1.54, 1.807) is 12.1 Å². The standard InChI is InChI=1S/C21H22Cl2N4O4S/c1-12-3-5-15(9-13(12)2)24-18(28)7-8-19(29)26-27-21(32)25-20(30)11-31-17-6-4-14(22)10-16(17)23/h3-6,9-10H,7-8,11H2,1-2H3,(H,24,28)(H,26,29)(H2,25,27,30,32). The molecule has 8 nitrogen and oxygen atoms in total. The molecule has 0 radical (unpaired) electrons. The number of anilines is 1. The van der Waals surface area contributed by atoms with E-state index in [2.05, 4.69) is 21.5 Å². The number of hydrogen-bond donors (Lipinski definition) is 4. The number of hydrazine groups is 1. The third-order valence-electron chi connectivity index (χ3n) is 4.19. The average molecular weight is 497 g/mol. The molecule has 2 aromatic rings. The van der Waals surface area contributed by atoms with Gasteiger partial charge in [-0.1, -0.05) is 29.3 Å². The second-order valence-corrected chi connectivity index (χ2v) is 8.01. The molecule has 0 unspecified atom stereocenters. The van der Waals surface area contributed by atoms with E-state index >= 15 is 0 Å². The Bertz CT molecular complexity index is 1030. The molecule has 3 amide bonds. The minimum atomic E-state index is -0.560. The van der Waals surface area contributed by atoms with Gasteiger partial charge in [0.15, 0.2) is 11.7 Å². The van der Waals surface area contributed by atoms with Crippen molar-refractivity contribution >= 4 is 63.9 Å². The maximum atomic E-state index is 12.0. The fraction of sp³-hybridized carbons (Fsp3) is 0.238. The van der Waals surface area contributed by atoms with Crippen LogP contribution in [0.3, 0.4) is 0 Å². The zero-order valence-corrected chi connectivity index (χ0v) is 19.7. The van der Waals surface area contributed by atoms with Gasteiger partial charge in [0.1, 0.15) is 5.75 Å². The van der Waals surface area contributed by atoms with Crippen molar-refractivity contribution in [1.82, 2.24) is 16.2 Å². The van der Waals surface area contributed by atoms with Gasteiger partial charge in [-0.3, -0.25) is 30.6 Å². The molecule has 2 aromatic carbocycles. The second kappa shape index (κ2) is 12.2. The summed E-state index contributed by atoms with van der Waals surface area (Å²) in [5.41, 5.74) is 7.55. The molecule has 0 fully saturated rings. The highest BCUT2D eigenvalue weighted by Crippen LogP contribution is 2.27. The van der Waals surface area contributed by atoms with Gasteiger partial charge in [0.05, 0.1) is 5.02 Å². The molecule has 0 heterocycles. The van der Waals surface area contributed by atoms with Crippen LogP contribution in [-0.4, -0.2) is 29.4 Å². The number of amides is 3. The number of carbonyl (C=O) groups is 3. The number of aryl methyl sites for hydroxylation is 2. The van der Waals surface area contributed by atoms with Crippen molar-refractivity contribution in [2.45, 2.75) is 26.7 Å². The van der Waals surface area contributed by atoms with Crippen LogP contribution in [0.2, 0.25) is 10.0 Å². The number of ether oxygens (including phenoxy) is 1. The van der Waals surface area contributed by atoms with E-state index in [9.17, 15) is 14.4 Å². The summed E-state index contributed by atoms with van der Waals surface area (Å²) in [5.74, 6) is -1.04. The lowest BCUT2D eigenvalue weighted by atomic mass is 10.1. The monoisotopic (exact) mass is 496 g/mol. The first-order valence-electron chi connectivity index (χ1n) is 9.47. The van der Waals surface area contributed by atoms with Crippen LogP contribution in [-0.2, 0) is 14.4 Å². The Morgan fingerprint density at radius 1 is 0.906 bits per heavy atom. The van der Waals surface area contributed by atoms with E-state index < -0.39 is 11.8 Å². The number of carbonyl (C=O) groups excluding carboxylic acids is 3. The molecule has 11 heteroatoms. The van der Waals surface area contributed by atoms with Gasteiger partial charge < -0.3 is 10.1 Å². The fourth-order valence-corrected chi connectivity index (χ4v) is 3.02. The molecule has 0 saturated heterocycles. The first-order chi connectivity index (χ1) is 15.1. The third-order valence-corrected chi connectivity index (χ3v) is 4.93. The number of nitrogens with one attached hydrogen (secondary N) is 4. The number of benzene rings is 2. The van der Waals surface area contributed by atoms with Crippen LogP contribution in [0.15, 0.2) is 36.4 Å². The van der Waals surface area contributed by atoms with Crippen molar-refractivity contribution in [3.63, 3.8) is 0 Å². The zero-order chi connectivity index (χ0) is 23.7. The molecule has 32 heavy (non-hydrogen) atoms. The predicted molar refractivity (Wildman–Crippen MR) is 128 cm³/mol. The van der Waals surface area contributed by atoms with Gasteiger partial charge in [-0.25, -0.2) is 0 Å². The molecular weight excluding hydrogens is 475 g/mol. The summed E-state index contributed by atoms with van der Waals surface area (Å²) in [6, 6.07) is 10.2. The Morgan fingerprint density at radius 3 is 2.31 bits per heavy atom. The van der Waals surface area contributed by atoms with Crippen molar-refractivity contribution in [1.29, 1.82) is 0 Å². The molecule has 0 atom stereocenters. The van der Waals surface area contributed by atoms with Gasteiger partial charge in [-0.2, -0.15) is 0 Å². The maximum Gasteiger partial charge on any atom is 0.264 e. The molecular formula is C21H22Cl2N4O4S. The Hall–Kier alpha value is -2.88. The minimum Gasteiger partial charge on any atom is -0.482 e. The van der Waals surface area contributed by atoms with Crippen LogP contribution < -0.4 is 26.2 Å². The van der Waals surface area contributed by atoms with Crippen molar-refractivity contribution in [2.24, 2.45) is 0 Å². The summed E-state index contributed by atoms with van der Waals surface area (Å²) in [6.45, 7) is 3.58. The predicted octanol–water partition coefficient (Wildman–Crippen LogP) is 3.43. The SMILES string of the molecule is Cc1ccc(NC(=O)CCC(=O)NNC(=S)NC(=O)COc2ccc(Cl)cc2Cl)cc1C. The Labute approximate surface area is 201 Å². The molecule has 0 aliphatic heterocycles. The van der Waals surface area contributed by atoms with Crippen molar-refractivity contribution in [3.8, 4) is 5.75 Å². The molecule has 0 aromatic heterocycles. The van der Waals surface area contributed by atoms with Crippen LogP contribution >= 0.6 is 35.4 Å². The Balaban J connectivity index is 1.65. The Morgan fingerprint density at radius 2 is 1.62 bits per heavy atom. The van der Waals surface area contributed by atoms with Crippen molar-refractivity contribution in [3.05, 3.63) is 57.6 Å². The van der Waals surface area contributed by atoms with Gasteiger partial charge in [-0.15, -0.1) is 0 Å². The van der Waals surface area contributed by atoms with Crippen LogP contribution in [0.5, 0.6) is 5.75 Å². The smallest absolute Gasteiger partial charge is 0.264 e. The van der Waals surface area contributed by atoms with E-state index in [4.69, 9.17) is 40.2 Å². The molecule has 2 rings (SSSR count). The van der Waals surface area contributed by atoms with Gasteiger partial charge in [-0.05, 0) is 67.5 Å². The van der Waals surface area contributed by atoms with E-state index in [1.807, 2.05) is 26.0 Å². The van der Waals surface area contributed by atoms with Crippen LogP contribution in [0, 0.1) is 13.8 Å². The molecule has 0 bridgehead atoms. The lowest BCUT2D eigenvalue weighted by Crippen LogP contribution is -2.49. The highest BCUT2D eigenvalue weighted by Gasteiger charge is 2.11. The highest BCUT2D eigenvalue weighted by molar-refractivity contribution is 7.80. The van der Waals surface area contributed by atoms with Gasteiger partial charge in [0.25, 0.3) is 5.91 Å². The first-order valence-corrected chi connectivity index (χ1v) is 10.6. The van der Waals surface area contributed by atoms with Crippen molar-refractivity contribution in [2.75, 3.05) is 11.9 Å². The molecule has 0 aliphatic rings. The number of rotatable bonds is 7. The molecule has 170 valence electrons. The van der Waals surface area contributed by atoms with Crippen molar-refractivity contribution < 1.29 is 19.1 Å². The maximum absolute atomic E-state index is 12.0. The largest absolute Gasteiger partial charge is 0.482 e. The first kappa shape index (κ1) is 25.4. The van der Waals surface area contributed by atoms with Gasteiger partial charge in [0, 0.05) is 23.6 Å². The van der Waals surface area contributed by atoms with E-state index in [0.717, 1.165) is 11.1 Å².